The first kappa shape index (κ1) is 21.0. The summed E-state index contributed by atoms with van der Waals surface area (Å²) in [5.41, 5.74) is 5.91. The van der Waals surface area contributed by atoms with Crippen molar-refractivity contribution < 1.29 is 4.74 Å². The molecule has 1 heterocycles. The van der Waals surface area contributed by atoms with E-state index in [1.807, 2.05) is 11.8 Å². The second kappa shape index (κ2) is 8.37. The summed E-state index contributed by atoms with van der Waals surface area (Å²) in [4.78, 5) is 1.45. The molecule has 0 amide bonds. The molecule has 1 nitrogen and oxygen atoms in total. The Morgan fingerprint density at radius 1 is 1.11 bits per heavy atom. The molecule has 0 aliphatic carbocycles. The molecule has 0 saturated carbocycles. The topological polar surface area (TPSA) is 9.23 Å². The number of thioether (sulfide) groups is 1. The molecule has 0 radical (unpaired) electrons. The average molecular weight is 395 g/mol. The summed E-state index contributed by atoms with van der Waals surface area (Å²) < 4.78 is 5.89. The van der Waals surface area contributed by atoms with Crippen LogP contribution in [0.15, 0.2) is 47.4 Å². The zero-order valence-corrected chi connectivity index (χ0v) is 19.1. The van der Waals surface area contributed by atoms with Crippen molar-refractivity contribution in [2.45, 2.75) is 64.7 Å². The van der Waals surface area contributed by atoms with E-state index in [-0.39, 0.29) is 5.41 Å². The Labute approximate surface area is 175 Å². The van der Waals surface area contributed by atoms with Crippen LogP contribution in [-0.2, 0) is 5.41 Å². The molecule has 3 rings (SSSR count). The Morgan fingerprint density at radius 2 is 1.82 bits per heavy atom. The monoisotopic (exact) mass is 394 g/mol. The minimum atomic E-state index is 0.267. The molecule has 2 aromatic rings. The maximum absolute atomic E-state index is 5.89. The summed E-state index contributed by atoms with van der Waals surface area (Å²) in [6, 6.07) is 15.4. The van der Waals surface area contributed by atoms with Crippen LogP contribution in [0.4, 0.5) is 0 Å². The van der Waals surface area contributed by atoms with Gasteiger partial charge in [-0.2, -0.15) is 0 Å². The predicted molar refractivity (Wildman–Crippen MR) is 124 cm³/mol. The third kappa shape index (κ3) is 5.44. The normalized spacial score (nSPS) is 16.6. The molecule has 0 bridgehead atoms. The number of allylic oxidation sites excluding steroid dienone is 1. The number of hydrogen-bond acceptors (Lipinski definition) is 2. The number of benzene rings is 2. The van der Waals surface area contributed by atoms with Gasteiger partial charge in [0.25, 0.3) is 0 Å². The number of ether oxygens (including phenoxy) is 1. The van der Waals surface area contributed by atoms with Crippen LogP contribution in [-0.4, -0.2) is 12.4 Å². The van der Waals surface area contributed by atoms with Gasteiger partial charge in [-0.1, -0.05) is 58.9 Å². The summed E-state index contributed by atoms with van der Waals surface area (Å²) >= 11 is 1.99. The van der Waals surface area contributed by atoms with Crippen LogP contribution in [0.5, 0.6) is 5.75 Å². The summed E-state index contributed by atoms with van der Waals surface area (Å²) in [5.74, 6) is 2.17. The van der Waals surface area contributed by atoms with Crippen LogP contribution in [0.3, 0.4) is 0 Å². The Kier molecular flexibility index (Phi) is 6.29. The lowest BCUT2D eigenvalue weighted by atomic mass is 9.80. The molecule has 1 aliphatic heterocycles. The highest BCUT2D eigenvalue weighted by Crippen LogP contribution is 2.42. The van der Waals surface area contributed by atoms with Crippen LogP contribution in [0, 0.1) is 5.41 Å². The minimum absolute atomic E-state index is 0.267. The van der Waals surface area contributed by atoms with E-state index in [0.717, 1.165) is 18.8 Å². The van der Waals surface area contributed by atoms with Gasteiger partial charge in [-0.05, 0) is 82.9 Å². The van der Waals surface area contributed by atoms with E-state index in [1.165, 1.54) is 39.3 Å². The van der Waals surface area contributed by atoms with Crippen LogP contribution in [0.25, 0.3) is 11.6 Å². The number of fused-ring (bicyclic) bond motifs is 1. The quantitative estimate of drug-likeness (QED) is 0.478. The van der Waals surface area contributed by atoms with E-state index in [1.54, 1.807) is 0 Å². The largest absolute Gasteiger partial charge is 0.494 e. The SMILES string of the molecule is CC(=Cc1ccc(OCCC(C)(C)C)cc1)c1ccc2c(c1)C(C)(C)CCS2. The molecule has 0 N–H and O–H groups in total. The van der Waals surface area contributed by atoms with E-state index in [9.17, 15) is 0 Å². The molecule has 2 aromatic carbocycles. The van der Waals surface area contributed by atoms with E-state index in [2.05, 4.69) is 90.1 Å². The summed E-state index contributed by atoms with van der Waals surface area (Å²) in [6.45, 7) is 14.4. The third-order valence-corrected chi connectivity index (χ3v) is 6.61. The van der Waals surface area contributed by atoms with Gasteiger partial charge in [-0.15, -0.1) is 11.8 Å². The second-order valence-electron chi connectivity index (χ2n) is 9.75. The highest BCUT2D eigenvalue weighted by atomic mass is 32.2. The molecule has 0 unspecified atom stereocenters. The molecular weight excluding hydrogens is 360 g/mol. The minimum Gasteiger partial charge on any atom is -0.494 e. The van der Waals surface area contributed by atoms with Gasteiger partial charge in [0.2, 0.25) is 0 Å². The third-order valence-electron chi connectivity index (χ3n) is 5.53. The molecule has 1 aliphatic rings. The van der Waals surface area contributed by atoms with E-state index < -0.39 is 0 Å². The fourth-order valence-corrected chi connectivity index (χ4v) is 4.94. The van der Waals surface area contributed by atoms with Crippen LogP contribution >= 0.6 is 11.8 Å². The Hall–Kier alpha value is -1.67. The Morgan fingerprint density at radius 3 is 2.50 bits per heavy atom. The van der Waals surface area contributed by atoms with Gasteiger partial charge in [-0.25, -0.2) is 0 Å². The van der Waals surface area contributed by atoms with Gasteiger partial charge >= 0.3 is 0 Å². The molecule has 150 valence electrons. The fourth-order valence-electron chi connectivity index (χ4n) is 3.45. The van der Waals surface area contributed by atoms with E-state index in [0.29, 0.717) is 5.41 Å². The van der Waals surface area contributed by atoms with E-state index in [4.69, 9.17) is 4.74 Å². The highest BCUT2D eigenvalue weighted by Gasteiger charge is 2.27. The van der Waals surface area contributed by atoms with Gasteiger partial charge in [-0.3, -0.25) is 0 Å². The van der Waals surface area contributed by atoms with Crippen LogP contribution < -0.4 is 4.74 Å². The molecule has 0 aromatic heterocycles. The van der Waals surface area contributed by atoms with Crippen LogP contribution in [0.2, 0.25) is 0 Å². The van der Waals surface area contributed by atoms with Crippen molar-refractivity contribution in [2.75, 3.05) is 12.4 Å². The average Bonchev–Trinajstić information content (AvgIpc) is 2.62. The number of rotatable bonds is 5. The lowest BCUT2D eigenvalue weighted by Gasteiger charge is -2.32. The molecule has 0 atom stereocenters. The summed E-state index contributed by atoms with van der Waals surface area (Å²) in [7, 11) is 0. The standard InChI is InChI=1S/C26H34OS/c1-19(21-9-12-24-23(18-21)26(5,6)14-16-28-24)17-20-7-10-22(11-8-20)27-15-13-25(2,3)4/h7-12,17-18H,13-16H2,1-6H3. The van der Waals surface area contributed by atoms with Crippen molar-refractivity contribution in [3.05, 3.63) is 59.2 Å². The zero-order valence-electron chi connectivity index (χ0n) is 18.3. The second-order valence-corrected chi connectivity index (χ2v) is 10.9. The molecule has 28 heavy (non-hydrogen) atoms. The Balaban J connectivity index is 1.72. The first-order chi connectivity index (χ1) is 13.1. The molecule has 0 saturated heterocycles. The highest BCUT2D eigenvalue weighted by molar-refractivity contribution is 7.99. The Bertz CT molecular complexity index is 838. The molecule has 0 spiro atoms. The first-order valence-electron chi connectivity index (χ1n) is 10.3. The van der Waals surface area contributed by atoms with Gasteiger partial charge in [0.15, 0.2) is 0 Å². The molecular formula is C26H34OS. The van der Waals surface area contributed by atoms with Gasteiger partial charge in [0.05, 0.1) is 6.61 Å². The van der Waals surface area contributed by atoms with Crippen molar-refractivity contribution in [2.24, 2.45) is 5.41 Å². The molecule has 0 fully saturated rings. The van der Waals surface area contributed by atoms with Gasteiger partial charge < -0.3 is 4.74 Å². The maximum atomic E-state index is 5.89. The van der Waals surface area contributed by atoms with Crippen molar-refractivity contribution in [3.8, 4) is 5.75 Å². The van der Waals surface area contributed by atoms with Crippen molar-refractivity contribution >= 4 is 23.4 Å². The fraction of sp³-hybridized carbons (Fsp3) is 0.462. The lowest BCUT2D eigenvalue weighted by Crippen LogP contribution is -2.22. The van der Waals surface area contributed by atoms with Crippen LogP contribution in [0.1, 0.15) is 71.1 Å². The van der Waals surface area contributed by atoms with E-state index >= 15 is 0 Å². The van der Waals surface area contributed by atoms with Crippen molar-refractivity contribution in [1.29, 1.82) is 0 Å². The zero-order chi connectivity index (χ0) is 20.4. The van der Waals surface area contributed by atoms with Crippen molar-refractivity contribution in [3.63, 3.8) is 0 Å². The number of hydrogen-bond donors (Lipinski definition) is 0. The van der Waals surface area contributed by atoms with Gasteiger partial charge in [0, 0.05) is 4.90 Å². The molecule has 2 heteroatoms. The predicted octanol–water partition coefficient (Wildman–Crippen LogP) is 7.84. The lowest BCUT2D eigenvalue weighted by molar-refractivity contribution is 0.243. The summed E-state index contributed by atoms with van der Waals surface area (Å²) in [6.07, 6.45) is 4.57. The van der Waals surface area contributed by atoms with Crippen molar-refractivity contribution in [1.82, 2.24) is 0 Å². The first-order valence-corrected chi connectivity index (χ1v) is 11.3. The maximum Gasteiger partial charge on any atom is 0.119 e. The summed E-state index contributed by atoms with van der Waals surface area (Å²) in [5, 5.41) is 0. The smallest absolute Gasteiger partial charge is 0.119 e. The van der Waals surface area contributed by atoms with Gasteiger partial charge in [0.1, 0.15) is 5.75 Å².